The van der Waals surface area contributed by atoms with Crippen molar-refractivity contribution in [2.75, 3.05) is 25.0 Å². The first-order valence-corrected chi connectivity index (χ1v) is 10.7. The van der Waals surface area contributed by atoms with E-state index in [4.69, 9.17) is 9.47 Å². The lowest BCUT2D eigenvalue weighted by molar-refractivity contribution is 0.0176. The average molecular weight is 411 g/mol. The molecule has 0 unspecified atom stereocenters. The number of likely N-dealkylation sites (tertiary alicyclic amines) is 1. The van der Waals surface area contributed by atoms with Crippen LogP contribution >= 0.6 is 12.4 Å². The number of nitrogens with one attached hydrogen (secondary N) is 1. The summed E-state index contributed by atoms with van der Waals surface area (Å²) in [6.07, 6.45) is 10.1. The normalized spacial score (nSPS) is 22.3. The Bertz CT molecular complexity index is 593. The van der Waals surface area contributed by atoms with E-state index in [0.717, 1.165) is 50.2 Å². The third kappa shape index (κ3) is 6.85. The molecule has 3 rings (SSSR count). The average Bonchev–Trinajstić information content (AvgIpc) is 3.20. The van der Waals surface area contributed by atoms with Crippen LogP contribution < -0.4 is 10.1 Å². The van der Waals surface area contributed by atoms with Crippen LogP contribution in [0.2, 0.25) is 0 Å². The van der Waals surface area contributed by atoms with E-state index >= 15 is 0 Å². The molecule has 0 aromatic heterocycles. The van der Waals surface area contributed by atoms with Crippen molar-refractivity contribution in [2.45, 2.75) is 76.9 Å². The lowest BCUT2D eigenvalue weighted by atomic mass is 9.91. The predicted molar refractivity (Wildman–Crippen MR) is 116 cm³/mol. The summed E-state index contributed by atoms with van der Waals surface area (Å²) in [5, 5.41) is 2.88. The van der Waals surface area contributed by atoms with Crippen LogP contribution in [0.25, 0.3) is 0 Å². The van der Waals surface area contributed by atoms with Gasteiger partial charge in [0.05, 0.1) is 6.61 Å². The van der Waals surface area contributed by atoms with Crippen molar-refractivity contribution in [1.82, 2.24) is 4.90 Å². The summed E-state index contributed by atoms with van der Waals surface area (Å²) in [5.74, 6) is 0.788. The van der Waals surface area contributed by atoms with Gasteiger partial charge in [0.25, 0.3) is 0 Å². The van der Waals surface area contributed by atoms with Crippen molar-refractivity contribution in [3.63, 3.8) is 0 Å². The zero-order valence-electron chi connectivity index (χ0n) is 17.0. The van der Waals surface area contributed by atoms with Gasteiger partial charge in [-0.3, -0.25) is 10.2 Å². The number of carbonyl (C=O) groups is 1. The highest BCUT2D eigenvalue weighted by Gasteiger charge is 2.34. The van der Waals surface area contributed by atoms with Crippen LogP contribution in [0.15, 0.2) is 24.3 Å². The highest BCUT2D eigenvalue weighted by atomic mass is 35.5. The number of benzene rings is 1. The Kier molecular flexibility index (Phi) is 9.93. The number of ether oxygens (including phenoxy) is 2. The number of hydrogen-bond donors (Lipinski definition) is 1. The molecule has 0 bridgehead atoms. The maximum absolute atomic E-state index is 12.5. The van der Waals surface area contributed by atoms with Crippen LogP contribution in [-0.2, 0) is 4.74 Å². The largest absolute Gasteiger partial charge is 0.494 e. The van der Waals surface area contributed by atoms with Gasteiger partial charge in [-0.15, -0.1) is 12.4 Å². The van der Waals surface area contributed by atoms with E-state index in [1.54, 1.807) is 0 Å². The molecule has 2 atom stereocenters. The van der Waals surface area contributed by atoms with Crippen molar-refractivity contribution >= 4 is 24.2 Å². The summed E-state index contributed by atoms with van der Waals surface area (Å²) >= 11 is 0. The molecule has 1 saturated heterocycles. The number of amides is 1. The van der Waals surface area contributed by atoms with Gasteiger partial charge in [-0.05, 0) is 63.7 Å². The SMILES string of the molecule is CCCCCOc1cccc(NC(=O)O[C@H]2CCCC[C@@H]2N2CCCC2)c1.Cl. The summed E-state index contributed by atoms with van der Waals surface area (Å²) in [7, 11) is 0. The fourth-order valence-electron chi connectivity index (χ4n) is 4.20. The molecule has 2 fully saturated rings. The molecule has 2 aliphatic rings. The number of rotatable bonds is 8. The Morgan fingerprint density at radius 1 is 1.14 bits per heavy atom. The minimum absolute atomic E-state index is 0. The van der Waals surface area contributed by atoms with Crippen LogP contribution in [0, 0.1) is 0 Å². The van der Waals surface area contributed by atoms with Crippen molar-refractivity contribution in [2.24, 2.45) is 0 Å². The van der Waals surface area contributed by atoms with Crippen molar-refractivity contribution < 1.29 is 14.3 Å². The molecule has 28 heavy (non-hydrogen) atoms. The molecule has 1 aliphatic carbocycles. The quantitative estimate of drug-likeness (QED) is 0.564. The molecule has 1 aromatic carbocycles. The molecule has 0 radical (unpaired) electrons. The molecular formula is C22H35ClN2O3. The zero-order valence-corrected chi connectivity index (χ0v) is 17.8. The number of unbranched alkanes of at least 4 members (excludes halogenated alkanes) is 2. The molecular weight excluding hydrogens is 376 g/mol. The van der Waals surface area contributed by atoms with Gasteiger partial charge in [0.15, 0.2) is 0 Å². The van der Waals surface area contributed by atoms with Gasteiger partial charge < -0.3 is 9.47 Å². The third-order valence-corrected chi connectivity index (χ3v) is 5.63. The first kappa shape index (κ1) is 22.8. The van der Waals surface area contributed by atoms with Crippen molar-refractivity contribution in [3.8, 4) is 5.75 Å². The highest BCUT2D eigenvalue weighted by molar-refractivity contribution is 5.85. The fraction of sp³-hybridized carbons (Fsp3) is 0.682. The van der Waals surface area contributed by atoms with Gasteiger partial charge in [0.2, 0.25) is 0 Å². The number of anilines is 1. The maximum Gasteiger partial charge on any atom is 0.411 e. The fourth-order valence-corrected chi connectivity index (χ4v) is 4.20. The van der Waals surface area contributed by atoms with E-state index in [9.17, 15) is 4.79 Å². The zero-order chi connectivity index (χ0) is 18.9. The predicted octanol–water partition coefficient (Wildman–Crippen LogP) is 5.63. The summed E-state index contributed by atoms with van der Waals surface area (Å²) in [5.41, 5.74) is 0.724. The minimum Gasteiger partial charge on any atom is -0.494 e. The number of carbonyl (C=O) groups excluding carboxylic acids is 1. The number of hydrogen-bond acceptors (Lipinski definition) is 4. The molecule has 1 aliphatic heterocycles. The summed E-state index contributed by atoms with van der Waals surface area (Å²) in [4.78, 5) is 15.0. The van der Waals surface area contributed by atoms with Gasteiger partial charge in [0.1, 0.15) is 11.9 Å². The van der Waals surface area contributed by atoms with Crippen molar-refractivity contribution in [1.29, 1.82) is 0 Å². The van der Waals surface area contributed by atoms with Gasteiger partial charge >= 0.3 is 6.09 Å². The van der Waals surface area contributed by atoms with Crippen LogP contribution in [-0.4, -0.2) is 42.8 Å². The topological polar surface area (TPSA) is 50.8 Å². The maximum atomic E-state index is 12.5. The Hall–Kier alpha value is -1.46. The third-order valence-electron chi connectivity index (χ3n) is 5.63. The lowest BCUT2D eigenvalue weighted by Gasteiger charge is -2.37. The monoisotopic (exact) mass is 410 g/mol. The summed E-state index contributed by atoms with van der Waals surface area (Å²) in [6.45, 7) is 5.17. The molecule has 1 saturated carbocycles. The first-order valence-electron chi connectivity index (χ1n) is 10.7. The molecule has 158 valence electrons. The van der Waals surface area contributed by atoms with E-state index in [-0.39, 0.29) is 24.6 Å². The van der Waals surface area contributed by atoms with Crippen LogP contribution in [0.1, 0.15) is 64.7 Å². The lowest BCUT2D eigenvalue weighted by Crippen LogP contribution is -2.46. The summed E-state index contributed by atoms with van der Waals surface area (Å²) < 4.78 is 11.6. The van der Waals surface area contributed by atoms with Gasteiger partial charge in [-0.1, -0.05) is 32.3 Å². The minimum atomic E-state index is -0.353. The van der Waals surface area contributed by atoms with Crippen LogP contribution in [0.5, 0.6) is 5.75 Å². The second kappa shape index (κ2) is 12.2. The Balaban J connectivity index is 0.00000280. The first-order chi connectivity index (χ1) is 13.3. The second-order valence-electron chi connectivity index (χ2n) is 7.75. The van der Waals surface area contributed by atoms with E-state index in [1.807, 2.05) is 24.3 Å². The van der Waals surface area contributed by atoms with E-state index in [1.165, 1.54) is 32.1 Å². The van der Waals surface area contributed by atoms with Crippen LogP contribution in [0.4, 0.5) is 10.5 Å². The van der Waals surface area contributed by atoms with E-state index in [0.29, 0.717) is 12.6 Å². The Morgan fingerprint density at radius 3 is 2.71 bits per heavy atom. The number of halogens is 1. The standard InChI is InChI=1S/C22H34N2O3.ClH/c1-2-3-8-16-26-19-11-9-10-18(17-19)23-22(25)27-21-13-5-4-12-20(21)24-14-6-7-15-24;/h9-11,17,20-21H,2-8,12-16H2,1H3,(H,23,25);1H/t20-,21-;/m0./s1. The molecule has 1 N–H and O–H groups in total. The molecule has 1 heterocycles. The highest BCUT2D eigenvalue weighted by Crippen LogP contribution is 2.28. The van der Waals surface area contributed by atoms with Crippen molar-refractivity contribution in [3.05, 3.63) is 24.3 Å². The molecule has 5 nitrogen and oxygen atoms in total. The van der Waals surface area contributed by atoms with Gasteiger partial charge in [0, 0.05) is 17.8 Å². The molecule has 1 amide bonds. The van der Waals surface area contributed by atoms with E-state index in [2.05, 4.69) is 17.1 Å². The Labute approximate surface area is 175 Å². The van der Waals surface area contributed by atoms with Gasteiger partial charge in [-0.2, -0.15) is 0 Å². The van der Waals surface area contributed by atoms with E-state index < -0.39 is 0 Å². The smallest absolute Gasteiger partial charge is 0.411 e. The second-order valence-corrected chi connectivity index (χ2v) is 7.75. The number of nitrogens with zero attached hydrogens (tertiary/aromatic N) is 1. The Morgan fingerprint density at radius 2 is 1.93 bits per heavy atom. The molecule has 6 heteroatoms. The van der Waals surface area contributed by atoms with Gasteiger partial charge in [-0.25, -0.2) is 4.79 Å². The van der Waals surface area contributed by atoms with Crippen LogP contribution in [0.3, 0.4) is 0 Å². The molecule has 0 spiro atoms. The molecule has 1 aromatic rings. The summed E-state index contributed by atoms with van der Waals surface area (Å²) in [6, 6.07) is 7.96.